The molecule has 2 fully saturated rings. The van der Waals surface area contributed by atoms with Crippen LogP contribution in [0.3, 0.4) is 0 Å². The van der Waals surface area contributed by atoms with Crippen molar-refractivity contribution in [2.75, 3.05) is 57.9 Å². The number of rotatable bonds is 6. The van der Waals surface area contributed by atoms with Gasteiger partial charge in [-0.15, -0.1) is 0 Å². The highest BCUT2D eigenvalue weighted by Crippen LogP contribution is 2.22. The number of carbonyl (C=O) groups excluding carboxylic acids is 1. The Labute approximate surface area is 143 Å². The highest BCUT2D eigenvalue weighted by Gasteiger charge is 2.21. The molecule has 2 aliphatic heterocycles. The molecule has 0 spiro atoms. The second-order valence-electron chi connectivity index (χ2n) is 6.40. The van der Waals surface area contributed by atoms with Crippen molar-refractivity contribution < 1.29 is 14.3 Å². The highest BCUT2D eigenvalue weighted by atomic mass is 16.5. The van der Waals surface area contributed by atoms with Crippen LogP contribution in [0, 0.1) is 0 Å². The van der Waals surface area contributed by atoms with Crippen LogP contribution in [-0.2, 0) is 9.53 Å². The van der Waals surface area contributed by atoms with Crippen molar-refractivity contribution in [2.45, 2.75) is 18.9 Å². The Morgan fingerprint density at radius 3 is 2.88 bits per heavy atom. The van der Waals surface area contributed by atoms with E-state index >= 15 is 0 Å². The zero-order valence-electron chi connectivity index (χ0n) is 14.4. The van der Waals surface area contributed by atoms with E-state index in [4.69, 9.17) is 9.47 Å². The van der Waals surface area contributed by atoms with Crippen molar-refractivity contribution in [3.05, 3.63) is 24.3 Å². The van der Waals surface area contributed by atoms with E-state index < -0.39 is 0 Å². The molecule has 2 aliphatic rings. The van der Waals surface area contributed by atoms with Gasteiger partial charge in [0, 0.05) is 51.1 Å². The van der Waals surface area contributed by atoms with Crippen molar-refractivity contribution in [3.8, 4) is 5.75 Å². The summed E-state index contributed by atoms with van der Waals surface area (Å²) in [5, 5.41) is 2.99. The van der Waals surface area contributed by atoms with Crippen LogP contribution in [0.4, 0.5) is 5.69 Å². The molecule has 1 atom stereocenters. The third-order valence-corrected chi connectivity index (χ3v) is 4.71. The smallest absolute Gasteiger partial charge is 0.234 e. The molecule has 0 aliphatic carbocycles. The molecule has 1 aromatic rings. The number of amides is 1. The number of ether oxygens (including phenoxy) is 2. The molecule has 0 saturated carbocycles. The van der Waals surface area contributed by atoms with E-state index in [1.165, 1.54) is 5.69 Å². The molecule has 0 bridgehead atoms. The molecule has 132 valence electrons. The topological polar surface area (TPSA) is 54.0 Å². The summed E-state index contributed by atoms with van der Waals surface area (Å²) in [7, 11) is 1.69. The predicted octanol–water partition coefficient (Wildman–Crippen LogP) is 1.11. The summed E-state index contributed by atoms with van der Waals surface area (Å²) in [6.07, 6.45) is 2.37. The van der Waals surface area contributed by atoms with Crippen molar-refractivity contribution in [1.82, 2.24) is 10.2 Å². The Morgan fingerprint density at radius 1 is 1.33 bits per heavy atom. The van der Waals surface area contributed by atoms with Gasteiger partial charge in [-0.3, -0.25) is 9.69 Å². The van der Waals surface area contributed by atoms with Gasteiger partial charge in [-0.1, -0.05) is 6.07 Å². The minimum atomic E-state index is 0.0975. The Hall–Kier alpha value is -1.79. The van der Waals surface area contributed by atoms with E-state index in [1.54, 1.807) is 7.11 Å². The molecule has 3 rings (SSSR count). The Morgan fingerprint density at radius 2 is 2.17 bits per heavy atom. The molecule has 0 unspecified atom stereocenters. The number of hydrogen-bond acceptors (Lipinski definition) is 5. The molecule has 1 aromatic carbocycles. The van der Waals surface area contributed by atoms with Gasteiger partial charge in [0.25, 0.3) is 0 Å². The third-order valence-electron chi connectivity index (χ3n) is 4.71. The van der Waals surface area contributed by atoms with Crippen LogP contribution in [0.2, 0.25) is 0 Å². The normalized spacial score (nSPS) is 21.7. The first kappa shape index (κ1) is 17.0. The van der Waals surface area contributed by atoms with Crippen LogP contribution in [0.15, 0.2) is 24.3 Å². The van der Waals surface area contributed by atoms with E-state index in [-0.39, 0.29) is 12.0 Å². The van der Waals surface area contributed by atoms with Crippen LogP contribution in [0.1, 0.15) is 12.8 Å². The molecule has 1 amide bonds. The Bertz CT molecular complexity index is 538. The van der Waals surface area contributed by atoms with E-state index in [2.05, 4.69) is 27.2 Å². The van der Waals surface area contributed by atoms with Crippen molar-refractivity contribution in [3.63, 3.8) is 0 Å². The number of nitrogens with zero attached hydrogens (tertiary/aromatic N) is 2. The SMILES string of the molecule is COc1cccc(N2CCN(CC(=O)NC[C@@H]3CCCO3)CC2)c1. The first-order valence-corrected chi connectivity index (χ1v) is 8.74. The Kier molecular flexibility index (Phi) is 5.93. The van der Waals surface area contributed by atoms with Crippen molar-refractivity contribution in [2.24, 2.45) is 0 Å². The van der Waals surface area contributed by atoms with E-state index in [0.29, 0.717) is 13.1 Å². The summed E-state index contributed by atoms with van der Waals surface area (Å²) in [6, 6.07) is 8.13. The summed E-state index contributed by atoms with van der Waals surface area (Å²) in [4.78, 5) is 16.6. The maximum absolute atomic E-state index is 12.1. The zero-order chi connectivity index (χ0) is 16.8. The largest absolute Gasteiger partial charge is 0.497 e. The Balaban J connectivity index is 1.40. The molecule has 6 heteroatoms. The second kappa shape index (κ2) is 8.35. The molecule has 6 nitrogen and oxygen atoms in total. The van der Waals surface area contributed by atoms with Gasteiger partial charge in [-0.2, -0.15) is 0 Å². The van der Waals surface area contributed by atoms with Crippen molar-refractivity contribution in [1.29, 1.82) is 0 Å². The predicted molar refractivity (Wildman–Crippen MR) is 93.6 cm³/mol. The van der Waals surface area contributed by atoms with Crippen LogP contribution in [-0.4, -0.2) is 69.9 Å². The fourth-order valence-corrected chi connectivity index (χ4v) is 3.26. The zero-order valence-corrected chi connectivity index (χ0v) is 14.4. The molecule has 2 saturated heterocycles. The monoisotopic (exact) mass is 333 g/mol. The lowest BCUT2D eigenvalue weighted by molar-refractivity contribution is -0.122. The van der Waals surface area contributed by atoms with Gasteiger partial charge in [0.1, 0.15) is 5.75 Å². The summed E-state index contributed by atoms with van der Waals surface area (Å²) < 4.78 is 10.8. The average molecular weight is 333 g/mol. The van der Waals surface area contributed by atoms with Crippen molar-refractivity contribution >= 4 is 11.6 Å². The van der Waals surface area contributed by atoms with Gasteiger partial charge in [-0.05, 0) is 25.0 Å². The van der Waals surface area contributed by atoms with Crippen LogP contribution in [0.5, 0.6) is 5.75 Å². The van der Waals surface area contributed by atoms with Gasteiger partial charge in [0.2, 0.25) is 5.91 Å². The molecule has 0 aromatic heterocycles. The van der Waals surface area contributed by atoms with Gasteiger partial charge in [0.15, 0.2) is 0 Å². The molecular weight excluding hydrogens is 306 g/mol. The number of carbonyl (C=O) groups is 1. The van der Waals surface area contributed by atoms with E-state index in [0.717, 1.165) is 51.4 Å². The van der Waals surface area contributed by atoms with Gasteiger partial charge >= 0.3 is 0 Å². The molecule has 24 heavy (non-hydrogen) atoms. The number of methoxy groups -OCH3 is 1. The number of benzene rings is 1. The fraction of sp³-hybridized carbons (Fsp3) is 0.611. The summed E-state index contributed by atoms with van der Waals surface area (Å²) >= 11 is 0. The summed E-state index contributed by atoms with van der Waals surface area (Å²) in [5.41, 5.74) is 1.18. The maximum atomic E-state index is 12.1. The molecule has 0 radical (unpaired) electrons. The highest BCUT2D eigenvalue weighted by molar-refractivity contribution is 5.78. The van der Waals surface area contributed by atoms with Gasteiger partial charge in [0.05, 0.1) is 19.8 Å². The van der Waals surface area contributed by atoms with Crippen LogP contribution in [0.25, 0.3) is 0 Å². The molecule has 2 heterocycles. The minimum Gasteiger partial charge on any atom is -0.497 e. The van der Waals surface area contributed by atoms with Gasteiger partial charge < -0.3 is 19.7 Å². The van der Waals surface area contributed by atoms with Crippen LogP contribution >= 0.6 is 0 Å². The van der Waals surface area contributed by atoms with Gasteiger partial charge in [-0.25, -0.2) is 0 Å². The number of piperazine rings is 1. The van der Waals surface area contributed by atoms with Crippen LogP contribution < -0.4 is 15.0 Å². The minimum absolute atomic E-state index is 0.0975. The second-order valence-corrected chi connectivity index (χ2v) is 6.40. The molecular formula is C18H27N3O3. The lowest BCUT2D eigenvalue weighted by Gasteiger charge is -2.35. The quantitative estimate of drug-likeness (QED) is 0.845. The molecule has 1 N–H and O–H groups in total. The standard InChI is InChI=1S/C18H27N3O3/c1-23-16-5-2-4-15(12-16)21-9-7-20(8-10-21)14-18(22)19-13-17-6-3-11-24-17/h2,4-5,12,17H,3,6-11,13-14H2,1H3,(H,19,22)/t17-/m0/s1. The average Bonchev–Trinajstić information content (AvgIpc) is 3.14. The van der Waals surface area contributed by atoms with E-state index in [9.17, 15) is 4.79 Å². The first-order valence-electron chi connectivity index (χ1n) is 8.74. The number of anilines is 1. The summed E-state index contributed by atoms with van der Waals surface area (Å²) in [6.45, 7) is 5.57. The lowest BCUT2D eigenvalue weighted by Crippen LogP contribution is -2.50. The third kappa shape index (κ3) is 4.61. The fourth-order valence-electron chi connectivity index (χ4n) is 3.26. The summed E-state index contributed by atoms with van der Waals surface area (Å²) in [5.74, 6) is 0.976. The first-order chi connectivity index (χ1) is 11.7. The number of nitrogens with one attached hydrogen (secondary N) is 1. The maximum Gasteiger partial charge on any atom is 0.234 e. The lowest BCUT2D eigenvalue weighted by atomic mass is 10.2. The van der Waals surface area contributed by atoms with E-state index in [1.807, 2.05) is 12.1 Å². The number of hydrogen-bond donors (Lipinski definition) is 1.